The molecule has 1 atom stereocenters. The molecule has 1 aliphatic carbocycles. The minimum Gasteiger partial charge on any atom is -0.351 e. The van der Waals surface area contributed by atoms with Crippen LogP contribution in [-0.2, 0) is 0 Å². The molecule has 0 heterocycles. The monoisotopic (exact) mass is 234 g/mol. The van der Waals surface area contributed by atoms with Crippen molar-refractivity contribution in [3.8, 4) is 0 Å². The molecule has 3 N–H and O–H groups in total. The van der Waals surface area contributed by atoms with Gasteiger partial charge < -0.3 is 11.1 Å². The van der Waals surface area contributed by atoms with Gasteiger partial charge >= 0.3 is 6.03 Å². The van der Waals surface area contributed by atoms with E-state index in [0.29, 0.717) is 10.7 Å². The lowest BCUT2D eigenvalue weighted by molar-refractivity contribution is 0.251. The van der Waals surface area contributed by atoms with Crippen molar-refractivity contribution in [2.45, 2.75) is 5.92 Å². The number of carbonyl (C=O) groups is 1. The first-order valence-corrected chi connectivity index (χ1v) is 5.25. The van der Waals surface area contributed by atoms with Crippen molar-refractivity contribution in [3.05, 3.63) is 58.8 Å². The second-order valence-electron chi connectivity index (χ2n) is 3.52. The van der Waals surface area contributed by atoms with E-state index >= 15 is 0 Å². The Labute approximate surface area is 98.6 Å². The zero-order chi connectivity index (χ0) is 11.5. The minimum atomic E-state index is -0.560. The molecule has 1 aromatic rings. The molecule has 4 heteroatoms. The maximum atomic E-state index is 10.7. The lowest BCUT2D eigenvalue weighted by Gasteiger charge is -2.07. The van der Waals surface area contributed by atoms with Crippen LogP contribution in [0.5, 0.6) is 0 Å². The summed E-state index contributed by atoms with van der Waals surface area (Å²) in [4.78, 5) is 10.7. The molecule has 1 unspecified atom stereocenters. The Morgan fingerprint density at radius 1 is 1.38 bits per heavy atom. The highest BCUT2D eigenvalue weighted by Crippen LogP contribution is 2.30. The van der Waals surface area contributed by atoms with Crippen molar-refractivity contribution >= 4 is 17.6 Å². The zero-order valence-corrected chi connectivity index (χ0v) is 9.24. The Morgan fingerprint density at radius 2 is 2.12 bits per heavy atom. The summed E-state index contributed by atoms with van der Waals surface area (Å²) in [6.07, 6.45) is 5.69. The molecule has 0 saturated carbocycles. The van der Waals surface area contributed by atoms with E-state index in [2.05, 4.69) is 5.32 Å². The van der Waals surface area contributed by atoms with Crippen LogP contribution in [0.25, 0.3) is 0 Å². The van der Waals surface area contributed by atoms with Gasteiger partial charge in [-0.15, -0.1) is 0 Å². The third-order valence-electron chi connectivity index (χ3n) is 2.37. The quantitative estimate of drug-likeness (QED) is 0.812. The molecule has 0 radical (unpaired) electrons. The van der Waals surface area contributed by atoms with Gasteiger partial charge in [-0.2, -0.15) is 0 Å². The highest BCUT2D eigenvalue weighted by Gasteiger charge is 2.14. The fourth-order valence-electron chi connectivity index (χ4n) is 1.68. The Bertz CT molecular complexity index is 480. The van der Waals surface area contributed by atoms with Gasteiger partial charge in [0.15, 0.2) is 0 Å². The molecule has 0 aliphatic heterocycles. The molecule has 0 bridgehead atoms. The van der Waals surface area contributed by atoms with Gasteiger partial charge in [0, 0.05) is 16.6 Å². The van der Waals surface area contributed by atoms with E-state index in [-0.39, 0.29) is 5.92 Å². The second-order valence-corrected chi connectivity index (χ2v) is 3.92. The predicted octanol–water partition coefficient (Wildman–Crippen LogP) is 2.55. The van der Waals surface area contributed by atoms with Crippen LogP contribution in [-0.4, -0.2) is 6.03 Å². The Morgan fingerprint density at radius 3 is 2.81 bits per heavy atom. The van der Waals surface area contributed by atoms with Crippen LogP contribution in [0.3, 0.4) is 0 Å². The van der Waals surface area contributed by atoms with Gasteiger partial charge in [-0.1, -0.05) is 35.9 Å². The molecule has 2 rings (SSSR count). The molecule has 2 amide bonds. The van der Waals surface area contributed by atoms with E-state index in [9.17, 15) is 4.79 Å². The molecule has 0 spiro atoms. The Balaban J connectivity index is 2.21. The fourth-order valence-corrected chi connectivity index (χ4v) is 1.94. The summed E-state index contributed by atoms with van der Waals surface area (Å²) in [6, 6.07) is 7.06. The van der Waals surface area contributed by atoms with E-state index < -0.39 is 6.03 Å². The van der Waals surface area contributed by atoms with Crippen LogP contribution in [0, 0.1) is 0 Å². The van der Waals surface area contributed by atoms with Gasteiger partial charge in [0.05, 0.1) is 0 Å². The minimum absolute atomic E-state index is 0.0931. The van der Waals surface area contributed by atoms with Crippen LogP contribution in [0.15, 0.2) is 48.2 Å². The van der Waals surface area contributed by atoms with Crippen molar-refractivity contribution in [2.75, 3.05) is 0 Å². The van der Waals surface area contributed by atoms with Crippen molar-refractivity contribution in [3.63, 3.8) is 0 Å². The van der Waals surface area contributed by atoms with Crippen molar-refractivity contribution in [1.29, 1.82) is 0 Å². The number of hydrogen-bond acceptors (Lipinski definition) is 1. The molecular formula is C12H11ClN2O. The molecule has 0 saturated heterocycles. The number of carbonyl (C=O) groups excluding carboxylic acids is 1. The average molecular weight is 235 g/mol. The van der Waals surface area contributed by atoms with Crippen molar-refractivity contribution in [2.24, 2.45) is 5.73 Å². The molecular weight excluding hydrogens is 224 g/mol. The average Bonchev–Trinajstić information content (AvgIpc) is 2.66. The fraction of sp³-hybridized carbons (Fsp3) is 0.0833. The first-order valence-electron chi connectivity index (χ1n) is 4.88. The highest BCUT2D eigenvalue weighted by molar-refractivity contribution is 6.31. The predicted molar refractivity (Wildman–Crippen MR) is 64.1 cm³/mol. The van der Waals surface area contributed by atoms with E-state index in [1.165, 1.54) is 0 Å². The van der Waals surface area contributed by atoms with Crippen LogP contribution < -0.4 is 11.1 Å². The SMILES string of the molecule is NC(=O)NC1=CC(c2ccccc2Cl)C=C1. The smallest absolute Gasteiger partial charge is 0.316 e. The number of rotatable bonds is 2. The number of benzene rings is 1. The molecule has 82 valence electrons. The highest BCUT2D eigenvalue weighted by atomic mass is 35.5. The third kappa shape index (κ3) is 2.25. The van der Waals surface area contributed by atoms with E-state index in [1.54, 1.807) is 0 Å². The summed E-state index contributed by atoms with van der Waals surface area (Å²) in [7, 11) is 0. The van der Waals surface area contributed by atoms with Crippen molar-refractivity contribution < 1.29 is 4.79 Å². The summed E-state index contributed by atoms with van der Waals surface area (Å²) < 4.78 is 0. The first-order chi connectivity index (χ1) is 7.66. The van der Waals surface area contributed by atoms with Crippen LogP contribution in [0.2, 0.25) is 5.02 Å². The third-order valence-corrected chi connectivity index (χ3v) is 2.72. The standard InChI is InChI=1S/C12H11ClN2O/c13-11-4-2-1-3-10(11)8-5-6-9(7-8)15-12(14)16/h1-8H,(H3,14,15,16). The number of halogens is 1. The lowest BCUT2D eigenvalue weighted by Crippen LogP contribution is -2.27. The summed E-state index contributed by atoms with van der Waals surface area (Å²) in [5, 5.41) is 3.25. The molecule has 3 nitrogen and oxygen atoms in total. The number of hydrogen-bond donors (Lipinski definition) is 2. The van der Waals surface area contributed by atoms with E-state index in [4.69, 9.17) is 17.3 Å². The van der Waals surface area contributed by atoms with E-state index in [0.717, 1.165) is 5.56 Å². The topological polar surface area (TPSA) is 55.1 Å². The maximum absolute atomic E-state index is 10.7. The molecule has 1 aromatic carbocycles. The summed E-state index contributed by atoms with van der Waals surface area (Å²) >= 11 is 6.08. The number of nitrogens with one attached hydrogen (secondary N) is 1. The molecule has 0 fully saturated rings. The van der Waals surface area contributed by atoms with Gasteiger partial charge in [-0.05, 0) is 23.8 Å². The van der Waals surface area contributed by atoms with Gasteiger partial charge in [0.2, 0.25) is 0 Å². The zero-order valence-electron chi connectivity index (χ0n) is 8.48. The first kappa shape index (κ1) is 10.8. The Hall–Kier alpha value is -1.74. The normalized spacial score (nSPS) is 18.3. The van der Waals surface area contributed by atoms with Gasteiger partial charge in [-0.25, -0.2) is 4.79 Å². The molecule has 0 aromatic heterocycles. The van der Waals surface area contributed by atoms with Gasteiger partial charge in [0.25, 0.3) is 0 Å². The number of primary amides is 1. The largest absolute Gasteiger partial charge is 0.351 e. The van der Waals surface area contributed by atoms with Crippen LogP contribution in [0.4, 0.5) is 4.79 Å². The maximum Gasteiger partial charge on any atom is 0.316 e. The molecule has 1 aliphatic rings. The van der Waals surface area contributed by atoms with Crippen LogP contribution >= 0.6 is 11.6 Å². The van der Waals surface area contributed by atoms with Crippen molar-refractivity contribution in [1.82, 2.24) is 5.32 Å². The second kappa shape index (κ2) is 4.41. The van der Waals surface area contributed by atoms with Crippen LogP contribution in [0.1, 0.15) is 11.5 Å². The van der Waals surface area contributed by atoms with Gasteiger partial charge in [0.1, 0.15) is 0 Å². The summed E-state index contributed by atoms with van der Waals surface area (Å²) in [6.45, 7) is 0. The summed E-state index contributed by atoms with van der Waals surface area (Å²) in [5.74, 6) is 0.0931. The number of allylic oxidation sites excluding steroid dienone is 3. The number of urea groups is 1. The van der Waals surface area contributed by atoms with Gasteiger partial charge in [-0.3, -0.25) is 0 Å². The number of nitrogens with two attached hydrogens (primary N) is 1. The number of amides is 2. The molecule has 16 heavy (non-hydrogen) atoms. The Kier molecular flexibility index (Phi) is 2.97. The lowest BCUT2D eigenvalue weighted by atomic mass is 10.0. The van der Waals surface area contributed by atoms with E-state index in [1.807, 2.05) is 42.5 Å². The summed E-state index contributed by atoms with van der Waals surface area (Å²) in [5.41, 5.74) is 6.76.